The standard InChI is InChI=1S/C25H22N8O2/c26-22(17-10-11-20(29-14-17)33-13-12-28-15-33)35-25(27)32-23-24(34)30-19-9-5-4-8-18(19)21(31-23)16-6-2-1-3-7-16/h1-10,12-15,20,23,26H,11H2,(H2,27,32)(H,30,34). The zero-order chi connectivity index (χ0) is 24.2. The van der Waals surface area contributed by atoms with Crippen LogP contribution in [0.1, 0.15) is 23.7 Å². The molecule has 0 saturated heterocycles. The summed E-state index contributed by atoms with van der Waals surface area (Å²) in [4.78, 5) is 30.1. The highest BCUT2D eigenvalue weighted by molar-refractivity contribution is 6.20. The molecule has 2 aliphatic heterocycles. The van der Waals surface area contributed by atoms with Crippen LogP contribution in [-0.2, 0) is 9.53 Å². The van der Waals surface area contributed by atoms with Crippen LogP contribution in [0.15, 0.2) is 99.9 Å². The Hall–Kier alpha value is -4.86. The van der Waals surface area contributed by atoms with Crippen molar-refractivity contribution >= 4 is 35.4 Å². The fourth-order valence-electron chi connectivity index (χ4n) is 3.78. The smallest absolute Gasteiger partial charge is 0.291 e. The lowest BCUT2D eigenvalue weighted by Gasteiger charge is -2.17. The summed E-state index contributed by atoms with van der Waals surface area (Å²) in [5, 5.41) is 11.1. The number of nitrogens with one attached hydrogen (secondary N) is 2. The van der Waals surface area contributed by atoms with Crippen LogP contribution in [0.5, 0.6) is 0 Å². The van der Waals surface area contributed by atoms with Crippen LogP contribution in [0.4, 0.5) is 5.69 Å². The normalized spacial score (nSPS) is 19.7. The van der Waals surface area contributed by atoms with Crippen LogP contribution >= 0.6 is 0 Å². The van der Waals surface area contributed by atoms with Gasteiger partial charge in [0.25, 0.3) is 11.9 Å². The summed E-state index contributed by atoms with van der Waals surface area (Å²) < 4.78 is 7.28. The van der Waals surface area contributed by atoms with Crippen molar-refractivity contribution < 1.29 is 9.53 Å². The Morgan fingerprint density at radius 2 is 1.97 bits per heavy atom. The minimum Gasteiger partial charge on any atom is -0.407 e. The maximum Gasteiger partial charge on any atom is 0.291 e. The molecule has 10 heteroatoms. The minimum absolute atomic E-state index is 0.123. The van der Waals surface area contributed by atoms with E-state index in [4.69, 9.17) is 15.9 Å². The van der Waals surface area contributed by atoms with Gasteiger partial charge in [0.05, 0.1) is 23.3 Å². The number of dihydropyridines is 1. The van der Waals surface area contributed by atoms with Gasteiger partial charge in [0.2, 0.25) is 12.1 Å². The number of aromatic nitrogens is 2. The number of anilines is 1. The van der Waals surface area contributed by atoms with E-state index in [1.807, 2.05) is 65.4 Å². The number of amidine groups is 1. The van der Waals surface area contributed by atoms with E-state index in [9.17, 15) is 4.79 Å². The molecule has 3 heterocycles. The average molecular weight is 467 g/mol. The summed E-state index contributed by atoms with van der Waals surface area (Å²) in [6.45, 7) is 0. The molecule has 0 saturated carbocycles. The topological polar surface area (TPSA) is 143 Å². The number of carbonyl (C=O) groups is 1. The molecule has 5 rings (SSSR count). The lowest BCUT2D eigenvalue weighted by atomic mass is 10.0. The van der Waals surface area contributed by atoms with E-state index >= 15 is 0 Å². The zero-order valence-electron chi connectivity index (χ0n) is 18.6. The van der Waals surface area contributed by atoms with E-state index in [0.717, 1.165) is 11.1 Å². The van der Waals surface area contributed by atoms with Crippen molar-refractivity contribution in [2.45, 2.75) is 18.8 Å². The molecule has 35 heavy (non-hydrogen) atoms. The van der Waals surface area contributed by atoms with Crippen LogP contribution in [0, 0.1) is 5.41 Å². The van der Waals surface area contributed by atoms with Crippen molar-refractivity contribution in [2.75, 3.05) is 5.32 Å². The lowest BCUT2D eigenvalue weighted by Crippen LogP contribution is -2.29. The third kappa shape index (κ3) is 4.76. The molecule has 1 aromatic heterocycles. The molecule has 2 atom stereocenters. The highest BCUT2D eigenvalue weighted by atomic mass is 16.5. The number of nitrogens with zero attached hydrogens (tertiary/aromatic N) is 5. The number of ether oxygens (including phenoxy) is 1. The number of hydrogen-bond donors (Lipinski definition) is 3. The Kier molecular flexibility index (Phi) is 6.00. The molecule has 4 N–H and O–H groups in total. The van der Waals surface area contributed by atoms with Crippen LogP contribution in [0.2, 0.25) is 0 Å². The first kappa shape index (κ1) is 22.0. The second kappa shape index (κ2) is 9.56. The highest BCUT2D eigenvalue weighted by Gasteiger charge is 2.26. The number of nitrogens with two attached hydrogens (primary N) is 1. The van der Waals surface area contributed by atoms with Crippen molar-refractivity contribution in [3.63, 3.8) is 0 Å². The Balaban J connectivity index is 1.36. The molecule has 0 aliphatic carbocycles. The molecule has 2 aliphatic rings. The minimum atomic E-state index is -1.19. The zero-order valence-corrected chi connectivity index (χ0v) is 18.6. The quantitative estimate of drug-likeness (QED) is 0.401. The number of benzene rings is 2. The third-order valence-corrected chi connectivity index (χ3v) is 5.49. The number of imidazole rings is 1. The maximum atomic E-state index is 12.9. The van der Waals surface area contributed by atoms with Gasteiger partial charge < -0.3 is 20.4 Å². The van der Waals surface area contributed by atoms with E-state index in [2.05, 4.69) is 25.3 Å². The van der Waals surface area contributed by atoms with Gasteiger partial charge in [-0.3, -0.25) is 15.2 Å². The van der Waals surface area contributed by atoms with Gasteiger partial charge in [0.1, 0.15) is 6.17 Å². The highest BCUT2D eigenvalue weighted by Crippen LogP contribution is 2.24. The first-order valence-electron chi connectivity index (χ1n) is 10.9. The number of para-hydroxylation sites is 1. The maximum absolute atomic E-state index is 12.9. The number of rotatable bonds is 4. The monoisotopic (exact) mass is 466 g/mol. The molecular weight excluding hydrogens is 444 g/mol. The Bertz CT molecular complexity index is 1370. The number of amides is 1. The molecule has 3 aromatic rings. The van der Waals surface area contributed by atoms with Gasteiger partial charge in [-0.1, -0.05) is 54.6 Å². The molecule has 1 amide bonds. The fourth-order valence-corrected chi connectivity index (χ4v) is 3.78. The van der Waals surface area contributed by atoms with Crippen molar-refractivity contribution in [1.82, 2.24) is 9.55 Å². The van der Waals surface area contributed by atoms with E-state index in [1.165, 1.54) is 0 Å². The van der Waals surface area contributed by atoms with Crippen molar-refractivity contribution in [3.05, 3.63) is 96.1 Å². The summed E-state index contributed by atoms with van der Waals surface area (Å²) in [5.41, 5.74) is 9.27. The average Bonchev–Trinajstić information content (AvgIpc) is 3.38. The van der Waals surface area contributed by atoms with Crippen LogP contribution in [0.25, 0.3) is 0 Å². The van der Waals surface area contributed by atoms with Gasteiger partial charge in [-0.05, 0) is 6.07 Å². The molecule has 2 aromatic carbocycles. The van der Waals surface area contributed by atoms with Crippen LogP contribution < -0.4 is 11.1 Å². The number of fused-ring (bicyclic) bond motifs is 1. The van der Waals surface area contributed by atoms with Gasteiger partial charge in [0, 0.05) is 36.2 Å². The van der Waals surface area contributed by atoms with Gasteiger partial charge in [-0.25, -0.2) is 9.98 Å². The summed E-state index contributed by atoms with van der Waals surface area (Å²) >= 11 is 0. The molecule has 0 bridgehead atoms. The molecule has 174 valence electrons. The largest absolute Gasteiger partial charge is 0.407 e. The number of hydrogen-bond acceptors (Lipinski definition) is 7. The molecule has 0 fully saturated rings. The van der Waals surface area contributed by atoms with Crippen molar-refractivity contribution in [2.24, 2.45) is 20.7 Å². The van der Waals surface area contributed by atoms with Gasteiger partial charge in [0.15, 0.2) is 0 Å². The van der Waals surface area contributed by atoms with Gasteiger partial charge in [-0.2, -0.15) is 4.99 Å². The molecule has 10 nitrogen and oxygen atoms in total. The third-order valence-electron chi connectivity index (χ3n) is 5.49. The Morgan fingerprint density at radius 1 is 1.17 bits per heavy atom. The first-order valence-corrected chi connectivity index (χ1v) is 10.9. The Labute approximate surface area is 201 Å². The van der Waals surface area contributed by atoms with E-state index < -0.39 is 12.1 Å². The Morgan fingerprint density at radius 3 is 2.71 bits per heavy atom. The predicted molar refractivity (Wildman–Crippen MR) is 134 cm³/mol. The number of carbonyl (C=O) groups excluding carboxylic acids is 1. The summed E-state index contributed by atoms with van der Waals surface area (Å²) in [5.74, 6) is -0.674. The second-order valence-electron chi connectivity index (χ2n) is 7.81. The van der Waals surface area contributed by atoms with Crippen molar-refractivity contribution in [1.29, 1.82) is 5.41 Å². The summed E-state index contributed by atoms with van der Waals surface area (Å²) in [7, 11) is 0. The molecule has 2 unspecified atom stereocenters. The predicted octanol–water partition coefficient (Wildman–Crippen LogP) is 2.91. The SMILES string of the molecule is N=C(OC(N)=NC1N=C(c2ccccc2)c2ccccc2NC1=O)C1=CCC(n2ccnc2)N=C1. The lowest BCUT2D eigenvalue weighted by molar-refractivity contribution is -0.117. The van der Waals surface area contributed by atoms with Gasteiger partial charge >= 0.3 is 0 Å². The second-order valence-corrected chi connectivity index (χ2v) is 7.81. The number of aliphatic imine (C=N–C) groups is 3. The summed E-state index contributed by atoms with van der Waals surface area (Å²) in [6, 6.07) is 16.6. The first-order chi connectivity index (χ1) is 17.1. The fraction of sp³-hybridized carbons (Fsp3) is 0.120. The van der Waals surface area contributed by atoms with E-state index in [0.29, 0.717) is 23.4 Å². The van der Waals surface area contributed by atoms with Crippen LogP contribution in [-0.4, -0.2) is 45.5 Å². The van der Waals surface area contributed by atoms with E-state index in [-0.39, 0.29) is 18.1 Å². The molecular formula is C25H22N8O2. The summed E-state index contributed by atoms with van der Waals surface area (Å²) in [6.07, 6.45) is 7.83. The molecule has 0 radical (unpaired) electrons. The van der Waals surface area contributed by atoms with Gasteiger partial charge in [-0.15, -0.1) is 0 Å². The van der Waals surface area contributed by atoms with E-state index in [1.54, 1.807) is 24.8 Å². The number of benzodiazepines with no additional fused rings is 1. The van der Waals surface area contributed by atoms with Crippen LogP contribution in [0.3, 0.4) is 0 Å². The molecule has 0 spiro atoms. The van der Waals surface area contributed by atoms with Crippen molar-refractivity contribution in [3.8, 4) is 0 Å².